The van der Waals surface area contributed by atoms with E-state index in [0.29, 0.717) is 17.6 Å². The summed E-state index contributed by atoms with van der Waals surface area (Å²) in [6.45, 7) is 12.3. The molecule has 4 heteroatoms. The maximum Gasteiger partial charge on any atom is 0.337 e. The van der Waals surface area contributed by atoms with Gasteiger partial charge >= 0.3 is 5.97 Å². The second-order valence-electron chi connectivity index (χ2n) is 7.14. The predicted molar refractivity (Wildman–Crippen MR) is 92.6 cm³/mol. The molecule has 0 fully saturated rings. The fourth-order valence-electron chi connectivity index (χ4n) is 3.16. The Hall–Kier alpha value is -2.10. The van der Waals surface area contributed by atoms with Crippen LogP contribution in [0.4, 0.5) is 0 Å². The van der Waals surface area contributed by atoms with E-state index in [1.54, 1.807) is 13.0 Å². The molecule has 0 saturated carbocycles. The molecule has 1 N–H and O–H groups in total. The topological polar surface area (TPSA) is 59.3 Å². The first kappa shape index (κ1) is 17.3. The molecule has 0 amide bonds. The molecule has 4 nitrogen and oxygen atoms in total. The Kier molecular flexibility index (Phi) is 4.38. The number of ketones is 1. The summed E-state index contributed by atoms with van der Waals surface area (Å²) in [5.74, 6) is -0.976. The monoisotopic (exact) mass is 315 g/mol. The smallest absolute Gasteiger partial charge is 0.337 e. The van der Waals surface area contributed by atoms with Crippen molar-refractivity contribution in [1.82, 2.24) is 4.57 Å². The van der Waals surface area contributed by atoms with Crippen molar-refractivity contribution in [3.8, 4) is 0 Å². The van der Waals surface area contributed by atoms with E-state index in [-0.39, 0.29) is 16.8 Å². The molecule has 0 bridgehead atoms. The van der Waals surface area contributed by atoms with Gasteiger partial charge in [0.05, 0.1) is 11.1 Å². The van der Waals surface area contributed by atoms with Crippen molar-refractivity contribution in [2.75, 3.05) is 0 Å². The lowest BCUT2D eigenvalue weighted by molar-refractivity contribution is 0.0698. The van der Waals surface area contributed by atoms with Crippen LogP contribution in [0.2, 0.25) is 0 Å². The Morgan fingerprint density at radius 2 is 1.83 bits per heavy atom. The number of Topliss-reactive ketones (excluding diaryl/α,β-unsaturated/α-hetero) is 1. The van der Waals surface area contributed by atoms with Gasteiger partial charge in [0.15, 0.2) is 5.78 Å². The van der Waals surface area contributed by atoms with Crippen molar-refractivity contribution in [3.63, 3.8) is 0 Å². The van der Waals surface area contributed by atoms with Crippen LogP contribution in [0.1, 0.15) is 73.0 Å². The summed E-state index contributed by atoms with van der Waals surface area (Å²) in [6.07, 6.45) is 0.877. The van der Waals surface area contributed by atoms with Gasteiger partial charge in [0.25, 0.3) is 0 Å². The van der Waals surface area contributed by atoms with E-state index >= 15 is 0 Å². The molecule has 23 heavy (non-hydrogen) atoms. The van der Waals surface area contributed by atoms with Crippen molar-refractivity contribution in [2.45, 2.75) is 59.9 Å². The lowest BCUT2D eigenvalue weighted by Gasteiger charge is -2.20. The van der Waals surface area contributed by atoms with Crippen LogP contribution in [0, 0.1) is 6.92 Å². The van der Waals surface area contributed by atoms with Gasteiger partial charge in [0.1, 0.15) is 0 Å². The van der Waals surface area contributed by atoms with Crippen LogP contribution < -0.4 is 0 Å². The number of aromatic nitrogens is 1. The number of rotatable bonds is 4. The van der Waals surface area contributed by atoms with E-state index in [2.05, 4.69) is 0 Å². The van der Waals surface area contributed by atoms with E-state index in [9.17, 15) is 14.7 Å². The number of benzene rings is 1. The number of aromatic carboxylic acids is 1. The van der Waals surface area contributed by atoms with Gasteiger partial charge in [-0.2, -0.15) is 0 Å². The predicted octanol–water partition coefficient (Wildman–Crippen LogP) is 4.56. The average molecular weight is 315 g/mol. The van der Waals surface area contributed by atoms with E-state index in [0.717, 1.165) is 23.1 Å². The molecule has 0 aliphatic rings. The molecular formula is C19H25NO3. The first-order valence-corrected chi connectivity index (χ1v) is 8.01. The molecule has 1 aromatic carbocycles. The number of carboxylic acids is 1. The number of hydrogen-bond donors (Lipinski definition) is 1. The minimum atomic E-state index is -0.953. The van der Waals surface area contributed by atoms with Gasteiger partial charge in [0.2, 0.25) is 0 Å². The van der Waals surface area contributed by atoms with Crippen LogP contribution in [-0.4, -0.2) is 21.4 Å². The molecule has 1 heterocycles. The Bertz CT molecular complexity index is 791. The van der Waals surface area contributed by atoms with E-state index in [4.69, 9.17) is 0 Å². The fourth-order valence-corrected chi connectivity index (χ4v) is 3.16. The summed E-state index contributed by atoms with van der Waals surface area (Å²) in [4.78, 5) is 24.0. The van der Waals surface area contributed by atoms with Gasteiger partial charge in [-0.3, -0.25) is 4.79 Å². The van der Waals surface area contributed by atoms with Gasteiger partial charge < -0.3 is 9.67 Å². The molecule has 1 aromatic heterocycles. The van der Waals surface area contributed by atoms with Gasteiger partial charge in [-0.05, 0) is 43.4 Å². The van der Waals surface area contributed by atoms with Crippen LogP contribution in [0.15, 0.2) is 12.1 Å². The largest absolute Gasteiger partial charge is 0.478 e. The third kappa shape index (κ3) is 2.90. The van der Waals surface area contributed by atoms with Crippen LogP contribution in [-0.2, 0) is 12.0 Å². The summed E-state index contributed by atoms with van der Waals surface area (Å²) >= 11 is 0. The number of carboxylic acid groups (broad SMARTS) is 1. The molecule has 124 valence electrons. The Morgan fingerprint density at radius 3 is 2.26 bits per heavy atom. The third-order valence-corrected chi connectivity index (χ3v) is 4.31. The Balaban J connectivity index is 3.03. The number of aryl methyl sites for hydroxylation is 1. The first-order valence-electron chi connectivity index (χ1n) is 8.01. The zero-order chi connectivity index (χ0) is 17.5. The zero-order valence-electron chi connectivity index (χ0n) is 14.8. The average Bonchev–Trinajstić information content (AvgIpc) is 2.69. The molecule has 0 spiro atoms. The standard InChI is InChI=1S/C19H25NO3/c1-7-8-20-11(2)16(12(3)21)14-9-13(19(4,5)6)10-15(17(14)20)18(22)23/h9-10H,7-8H2,1-6H3,(H,22,23). The van der Waals surface area contributed by atoms with E-state index in [1.165, 1.54) is 0 Å². The molecule has 2 aromatic rings. The second kappa shape index (κ2) is 5.84. The molecule has 0 aliphatic carbocycles. The maximum atomic E-state index is 12.2. The number of nitrogens with zero attached hydrogens (tertiary/aromatic N) is 1. The highest BCUT2D eigenvalue weighted by Crippen LogP contribution is 2.34. The summed E-state index contributed by atoms with van der Waals surface area (Å²) in [6, 6.07) is 3.73. The van der Waals surface area contributed by atoms with Gasteiger partial charge in [-0.1, -0.05) is 27.7 Å². The Labute approximate surface area is 137 Å². The molecule has 2 rings (SSSR count). The minimum absolute atomic E-state index is 0.0234. The zero-order valence-corrected chi connectivity index (χ0v) is 14.8. The summed E-state index contributed by atoms with van der Waals surface area (Å²) in [7, 11) is 0. The summed E-state index contributed by atoms with van der Waals surface area (Å²) < 4.78 is 1.97. The van der Waals surface area contributed by atoms with Crippen molar-refractivity contribution in [1.29, 1.82) is 0 Å². The van der Waals surface area contributed by atoms with Crippen LogP contribution in [0.25, 0.3) is 10.9 Å². The highest BCUT2D eigenvalue weighted by Gasteiger charge is 2.25. The quantitative estimate of drug-likeness (QED) is 0.841. The lowest BCUT2D eigenvalue weighted by Crippen LogP contribution is -2.13. The molecule has 0 unspecified atom stereocenters. The van der Waals surface area contributed by atoms with Gasteiger partial charge in [0, 0.05) is 23.2 Å². The Morgan fingerprint density at radius 1 is 1.22 bits per heavy atom. The lowest BCUT2D eigenvalue weighted by atomic mass is 9.84. The number of carbonyl (C=O) groups excluding carboxylic acids is 1. The molecular weight excluding hydrogens is 290 g/mol. The third-order valence-electron chi connectivity index (χ3n) is 4.31. The highest BCUT2D eigenvalue weighted by molar-refractivity contribution is 6.13. The molecule has 0 saturated heterocycles. The van der Waals surface area contributed by atoms with Gasteiger partial charge in [-0.25, -0.2) is 4.79 Å². The SMILES string of the molecule is CCCn1c(C)c(C(C)=O)c2cc(C(C)(C)C)cc(C(=O)O)c21. The number of carbonyl (C=O) groups is 2. The van der Waals surface area contributed by atoms with Crippen molar-refractivity contribution in [3.05, 3.63) is 34.5 Å². The van der Waals surface area contributed by atoms with E-state index < -0.39 is 5.97 Å². The summed E-state index contributed by atoms with van der Waals surface area (Å²) in [5, 5.41) is 10.5. The number of fused-ring (bicyclic) bond motifs is 1. The highest BCUT2D eigenvalue weighted by atomic mass is 16.4. The fraction of sp³-hybridized carbons (Fsp3) is 0.474. The molecule has 0 aliphatic heterocycles. The maximum absolute atomic E-state index is 12.2. The van der Waals surface area contributed by atoms with Gasteiger partial charge in [-0.15, -0.1) is 0 Å². The van der Waals surface area contributed by atoms with Crippen molar-refractivity contribution < 1.29 is 14.7 Å². The van der Waals surface area contributed by atoms with Crippen LogP contribution in [0.5, 0.6) is 0 Å². The normalized spacial score (nSPS) is 11.9. The number of hydrogen-bond acceptors (Lipinski definition) is 2. The second-order valence-corrected chi connectivity index (χ2v) is 7.14. The first-order chi connectivity index (χ1) is 10.6. The van der Waals surface area contributed by atoms with Crippen molar-refractivity contribution in [2.24, 2.45) is 0 Å². The van der Waals surface area contributed by atoms with E-state index in [1.807, 2.05) is 45.3 Å². The van der Waals surface area contributed by atoms with Crippen molar-refractivity contribution >= 4 is 22.7 Å². The minimum Gasteiger partial charge on any atom is -0.478 e. The summed E-state index contributed by atoms with van der Waals surface area (Å²) in [5.41, 5.74) is 3.17. The molecule has 0 radical (unpaired) electrons. The van der Waals surface area contributed by atoms with Crippen LogP contribution >= 0.6 is 0 Å². The van der Waals surface area contributed by atoms with Crippen LogP contribution in [0.3, 0.4) is 0 Å². The molecule has 0 atom stereocenters.